The van der Waals surface area contributed by atoms with Crippen molar-refractivity contribution in [3.05, 3.63) is 17.0 Å². The standard InChI is InChI=1S/C11H15ClN4O/c1-16(5-4-9(13)17)10-8(7-2-3-7)6-14-11(12)15-10/h6-7H,2-5H2,1H3,(H2,13,17). The predicted octanol–water partition coefficient (Wildman–Crippen LogP) is 1.32. The van der Waals surface area contributed by atoms with Gasteiger partial charge in [-0.1, -0.05) is 0 Å². The van der Waals surface area contributed by atoms with Crippen LogP contribution in [0, 0.1) is 0 Å². The van der Waals surface area contributed by atoms with E-state index in [-0.39, 0.29) is 11.2 Å². The minimum absolute atomic E-state index is 0.232. The molecule has 2 rings (SSSR count). The van der Waals surface area contributed by atoms with Gasteiger partial charge < -0.3 is 10.6 Å². The molecule has 0 aliphatic heterocycles. The van der Waals surface area contributed by atoms with E-state index in [0.29, 0.717) is 18.9 Å². The fraction of sp³-hybridized carbons (Fsp3) is 0.545. The summed E-state index contributed by atoms with van der Waals surface area (Å²) < 4.78 is 0. The maximum atomic E-state index is 10.8. The zero-order valence-corrected chi connectivity index (χ0v) is 10.4. The highest BCUT2D eigenvalue weighted by atomic mass is 35.5. The van der Waals surface area contributed by atoms with Gasteiger partial charge in [0, 0.05) is 31.8 Å². The van der Waals surface area contributed by atoms with Crippen LogP contribution in [0.25, 0.3) is 0 Å². The van der Waals surface area contributed by atoms with Crippen molar-refractivity contribution in [1.82, 2.24) is 9.97 Å². The van der Waals surface area contributed by atoms with Crippen LogP contribution >= 0.6 is 11.6 Å². The van der Waals surface area contributed by atoms with Crippen molar-refractivity contribution in [2.45, 2.75) is 25.2 Å². The molecule has 1 aromatic heterocycles. The molecule has 0 radical (unpaired) electrons. The number of amides is 1. The van der Waals surface area contributed by atoms with E-state index in [9.17, 15) is 4.79 Å². The Bertz CT molecular complexity index is 433. The summed E-state index contributed by atoms with van der Waals surface area (Å²) >= 11 is 5.81. The largest absolute Gasteiger partial charge is 0.370 e. The quantitative estimate of drug-likeness (QED) is 0.805. The number of carbonyl (C=O) groups is 1. The monoisotopic (exact) mass is 254 g/mol. The Hall–Kier alpha value is -1.36. The Morgan fingerprint density at radius 2 is 2.35 bits per heavy atom. The van der Waals surface area contributed by atoms with E-state index in [4.69, 9.17) is 17.3 Å². The third-order valence-electron chi connectivity index (χ3n) is 2.84. The fourth-order valence-electron chi connectivity index (χ4n) is 1.73. The molecule has 17 heavy (non-hydrogen) atoms. The van der Waals surface area contributed by atoms with Gasteiger partial charge in [0.1, 0.15) is 5.82 Å². The van der Waals surface area contributed by atoms with Gasteiger partial charge in [-0.05, 0) is 30.4 Å². The zero-order valence-electron chi connectivity index (χ0n) is 9.69. The van der Waals surface area contributed by atoms with Crippen LogP contribution in [-0.2, 0) is 4.79 Å². The molecule has 1 aromatic rings. The molecular formula is C11H15ClN4O. The molecule has 5 nitrogen and oxygen atoms in total. The molecule has 0 saturated heterocycles. The highest BCUT2D eigenvalue weighted by molar-refractivity contribution is 6.28. The van der Waals surface area contributed by atoms with Gasteiger partial charge in [0.05, 0.1) is 0 Å². The van der Waals surface area contributed by atoms with Crippen molar-refractivity contribution in [2.75, 3.05) is 18.5 Å². The molecule has 2 N–H and O–H groups in total. The third kappa shape index (κ3) is 3.06. The summed E-state index contributed by atoms with van der Waals surface area (Å²) in [6, 6.07) is 0. The van der Waals surface area contributed by atoms with Crippen molar-refractivity contribution < 1.29 is 4.79 Å². The van der Waals surface area contributed by atoms with E-state index in [1.165, 1.54) is 12.8 Å². The zero-order chi connectivity index (χ0) is 12.4. The van der Waals surface area contributed by atoms with Crippen molar-refractivity contribution in [1.29, 1.82) is 0 Å². The van der Waals surface area contributed by atoms with E-state index in [2.05, 4.69) is 9.97 Å². The second kappa shape index (κ2) is 4.87. The lowest BCUT2D eigenvalue weighted by Gasteiger charge is -2.20. The number of hydrogen-bond donors (Lipinski definition) is 1. The highest BCUT2D eigenvalue weighted by Crippen LogP contribution is 2.43. The molecule has 92 valence electrons. The second-order valence-electron chi connectivity index (χ2n) is 4.33. The van der Waals surface area contributed by atoms with Crippen LogP contribution in [-0.4, -0.2) is 29.5 Å². The van der Waals surface area contributed by atoms with Crippen molar-refractivity contribution >= 4 is 23.3 Å². The number of nitrogens with two attached hydrogens (primary N) is 1. The maximum absolute atomic E-state index is 10.8. The number of halogens is 1. The normalized spacial score (nSPS) is 14.7. The van der Waals surface area contributed by atoms with Crippen LogP contribution in [0.3, 0.4) is 0 Å². The van der Waals surface area contributed by atoms with E-state index < -0.39 is 0 Å². The fourth-order valence-corrected chi connectivity index (χ4v) is 1.86. The number of anilines is 1. The van der Waals surface area contributed by atoms with Gasteiger partial charge in [-0.2, -0.15) is 0 Å². The summed E-state index contributed by atoms with van der Waals surface area (Å²) in [5, 5.41) is 0.232. The molecule has 1 heterocycles. The van der Waals surface area contributed by atoms with Gasteiger partial charge in [-0.15, -0.1) is 0 Å². The molecule has 1 amide bonds. The summed E-state index contributed by atoms with van der Waals surface area (Å²) in [5.41, 5.74) is 6.25. The minimum Gasteiger partial charge on any atom is -0.370 e. The van der Waals surface area contributed by atoms with E-state index >= 15 is 0 Å². The Balaban J connectivity index is 2.16. The Morgan fingerprint density at radius 1 is 1.65 bits per heavy atom. The minimum atomic E-state index is -0.315. The van der Waals surface area contributed by atoms with Gasteiger partial charge in [-0.25, -0.2) is 9.97 Å². The smallest absolute Gasteiger partial charge is 0.224 e. The lowest BCUT2D eigenvalue weighted by molar-refractivity contribution is -0.117. The van der Waals surface area contributed by atoms with Crippen molar-refractivity contribution in [3.8, 4) is 0 Å². The molecule has 6 heteroatoms. The topological polar surface area (TPSA) is 72.1 Å². The first-order chi connectivity index (χ1) is 8.08. The van der Waals surface area contributed by atoms with Gasteiger partial charge in [0.2, 0.25) is 11.2 Å². The number of primary amides is 1. The molecule has 1 saturated carbocycles. The van der Waals surface area contributed by atoms with Gasteiger partial charge in [0.15, 0.2) is 0 Å². The number of aromatic nitrogens is 2. The van der Waals surface area contributed by atoms with E-state index in [0.717, 1.165) is 11.4 Å². The molecule has 0 spiro atoms. The maximum Gasteiger partial charge on any atom is 0.224 e. The summed E-state index contributed by atoms with van der Waals surface area (Å²) in [4.78, 5) is 20.9. The first kappa shape index (κ1) is 12.1. The Labute approximate surface area is 105 Å². The van der Waals surface area contributed by atoms with E-state index in [1.807, 2.05) is 11.9 Å². The predicted molar refractivity (Wildman–Crippen MR) is 66.1 cm³/mol. The average Bonchev–Trinajstić information content (AvgIpc) is 3.09. The number of carbonyl (C=O) groups excluding carboxylic acids is 1. The van der Waals surface area contributed by atoms with Crippen LogP contribution < -0.4 is 10.6 Å². The van der Waals surface area contributed by atoms with Crippen LogP contribution in [0.15, 0.2) is 6.20 Å². The SMILES string of the molecule is CN(CCC(N)=O)c1nc(Cl)ncc1C1CC1. The lowest BCUT2D eigenvalue weighted by atomic mass is 10.2. The molecule has 0 bridgehead atoms. The van der Waals surface area contributed by atoms with Crippen LogP contribution in [0.4, 0.5) is 5.82 Å². The van der Waals surface area contributed by atoms with Gasteiger partial charge in [0.25, 0.3) is 0 Å². The summed E-state index contributed by atoms with van der Waals surface area (Å²) in [6.45, 7) is 0.544. The van der Waals surface area contributed by atoms with Gasteiger partial charge in [-0.3, -0.25) is 4.79 Å². The Kier molecular flexibility index (Phi) is 3.47. The summed E-state index contributed by atoms with van der Waals surface area (Å²) in [6.07, 6.45) is 4.43. The van der Waals surface area contributed by atoms with E-state index in [1.54, 1.807) is 6.20 Å². The lowest BCUT2D eigenvalue weighted by Crippen LogP contribution is -2.26. The Morgan fingerprint density at radius 3 is 2.94 bits per heavy atom. The van der Waals surface area contributed by atoms with Crippen LogP contribution in [0.5, 0.6) is 0 Å². The average molecular weight is 255 g/mol. The molecule has 1 fully saturated rings. The van der Waals surface area contributed by atoms with Gasteiger partial charge >= 0.3 is 0 Å². The number of hydrogen-bond acceptors (Lipinski definition) is 4. The first-order valence-electron chi connectivity index (χ1n) is 5.60. The van der Waals surface area contributed by atoms with Crippen LogP contribution in [0.1, 0.15) is 30.7 Å². The third-order valence-corrected chi connectivity index (χ3v) is 3.02. The highest BCUT2D eigenvalue weighted by Gasteiger charge is 2.28. The second-order valence-corrected chi connectivity index (χ2v) is 4.67. The number of nitrogens with zero attached hydrogens (tertiary/aromatic N) is 3. The summed E-state index contributed by atoms with van der Waals surface area (Å²) in [5.74, 6) is 1.04. The number of rotatable bonds is 5. The molecular weight excluding hydrogens is 240 g/mol. The molecule has 1 aliphatic carbocycles. The molecule has 0 atom stereocenters. The van der Waals surface area contributed by atoms with Crippen LogP contribution in [0.2, 0.25) is 5.28 Å². The van der Waals surface area contributed by atoms with Crippen molar-refractivity contribution in [2.24, 2.45) is 5.73 Å². The summed E-state index contributed by atoms with van der Waals surface area (Å²) in [7, 11) is 1.88. The molecule has 1 aliphatic rings. The first-order valence-corrected chi connectivity index (χ1v) is 5.97. The van der Waals surface area contributed by atoms with Crippen molar-refractivity contribution in [3.63, 3.8) is 0 Å². The molecule has 0 aromatic carbocycles. The molecule has 0 unspecified atom stereocenters.